The van der Waals surface area contributed by atoms with Gasteiger partial charge in [-0.15, -0.1) is 11.8 Å². The Kier molecular flexibility index (Phi) is 7.87. The number of rotatable bonds is 9. The molecule has 13 nitrogen and oxygen atoms in total. The number of carbonyl (C=O) groups excluding carboxylic acids is 3. The number of nitrogens with two attached hydrogens (primary N) is 1. The number of nitrogens with zero attached hydrogens (tertiary/aromatic N) is 5. The number of piperazine rings is 1. The number of thioether (sulfide) groups is 1. The highest BCUT2D eigenvalue weighted by Crippen LogP contribution is 2.40. The number of allylic oxidation sites excluding steroid dienone is 1. The van der Waals surface area contributed by atoms with Gasteiger partial charge in [-0.1, -0.05) is 11.2 Å². The Labute approximate surface area is 214 Å². The van der Waals surface area contributed by atoms with Crippen LogP contribution in [0.3, 0.4) is 0 Å². The third kappa shape index (κ3) is 5.35. The van der Waals surface area contributed by atoms with E-state index in [1.54, 1.807) is 6.08 Å². The minimum Gasteiger partial charge on any atom is -0.543 e. The first-order chi connectivity index (χ1) is 17.2. The molecular formula is C20H25FN8O5S2. The monoisotopic (exact) mass is 540 g/mol. The molecule has 36 heavy (non-hydrogen) atoms. The van der Waals surface area contributed by atoms with Crippen LogP contribution in [0.15, 0.2) is 28.6 Å². The molecule has 2 fully saturated rings. The number of nitrogens with one attached hydrogen (secondary N) is 2. The lowest BCUT2D eigenvalue weighted by molar-refractivity contribution is -0.905. The molecule has 4 rings (SSSR count). The maximum Gasteiger partial charge on any atom is 0.278 e. The zero-order chi connectivity index (χ0) is 25.9. The molecule has 4 heterocycles. The van der Waals surface area contributed by atoms with Gasteiger partial charge in [0.05, 0.1) is 38.3 Å². The van der Waals surface area contributed by atoms with Crippen molar-refractivity contribution >= 4 is 51.9 Å². The number of β-lactam (4-membered cyclic amide) rings is 1. The lowest BCUT2D eigenvalue weighted by Gasteiger charge is -2.50. The van der Waals surface area contributed by atoms with Crippen LogP contribution in [0, 0.1) is 0 Å². The highest BCUT2D eigenvalue weighted by atomic mass is 32.2. The Balaban J connectivity index is 1.47. The summed E-state index contributed by atoms with van der Waals surface area (Å²) in [6.45, 7) is 3.19. The van der Waals surface area contributed by atoms with E-state index >= 15 is 0 Å². The van der Waals surface area contributed by atoms with Crippen LogP contribution in [0.1, 0.15) is 5.82 Å². The third-order valence-corrected chi connectivity index (χ3v) is 7.92. The lowest BCUT2D eigenvalue weighted by Crippen LogP contribution is -2.71. The number of alkyl halides is 1. The molecule has 0 spiro atoms. The van der Waals surface area contributed by atoms with Gasteiger partial charge in [-0.25, -0.2) is 4.39 Å². The first-order valence-corrected chi connectivity index (χ1v) is 12.8. The van der Waals surface area contributed by atoms with Gasteiger partial charge in [-0.05, 0) is 11.6 Å². The summed E-state index contributed by atoms with van der Waals surface area (Å²) in [6.07, 6.45) is 3.66. The van der Waals surface area contributed by atoms with Gasteiger partial charge in [-0.2, -0.15) is 9.36 Å². The van der Waals surface area contributed by atoms with Crippen molar-refractivity contribution in [3.05, 3.63) is 29.2 Å². The second-order valence-electron chi connectivity index (χ2n) is 8.56. The number of amides is 2. The summed E-state index contributed by atoms with van der Waals surface area (Å²) in [4.78, 5) is 46.9. The molecule has 3 aliphatic heterocycles. The van der Waals surface area contributed by atoms with Crippen molar-refractivity contribution in [1.82, 2.24) is 24.9 Å². The lowest BCUT2D eigenvalue weighted by atomic mass is 10.0. The number of likely N-dealkylation sites (N-methyl/N-ethyl adjacent to an activating group) is 1. The molecule has 1 aromatic heterocycles. The molecule has 0 radical (unpaired) electrons. The van der Waals surface area contributed by atoms with Gasteiger partial charge in [0.1, 0.15) is 11.4 Å². The molecule has 2 atom stereocenters. The quantitative estimate of drug-likeness (QED) is 0.135. The summed E-state index contributed by atoms with van der Waals surface area (Å²) in [5, 5.41) is 20.5. The number of quaternary nitrogens is 1. The van der Waals surface area contributed by atoms with Gasteiger partial charge >= 0.3 is 0 Å². The first kappa shape index (κ1) is 26.0. The number of carbonyl (C=O) groups is 3. The van der Waals surface area contributed by atoms with Crippen LogP contribution in [0.4, 0.5) is 9.52 Å². The molecule has 3 aliphatic rings. The highest BCUT2D eigenvalue weighted by Gasteiger charge is 2.53. The smallest absolute Gasteiger partial charge is 0.278 e. The predicted molar refractivity (Wildman–Crippen MR) is 128 cm³/mol. The largest absolute Gasteiger partial charge is 0.543 e. The zero-order valence-corrected chi connectivity index (χ0v) is 20.9. The van der Waals surface area contributed by atoms with E-state index in [4.69, 9.17) is 5.73 Å². The van der Waals surface area contributed by atoms with E-state index in [2.05, 4.69) is 37.0 Å². The van der Waals surface area contributed by atoms with E-state index in [0.717, 1.165) is 53.6 Å². The average molecular weight is 541 g/mol. The molecule has 0 saturated carbocycles. The SMILES string of the molecule is C[N+]1(C/C=C/C2=C(C(=O)[O-])N3C(=O)[C@@H](NC(=O)/C(=N\OCF)c4nsc(N)n4)[C@@H]3SC2)CCNCC1. The Hall–Kier alpha value is -3.08. The van der Waals surface area contributed by atoms with Gasteiger partial charge in [0.25, 0.3) is 18.7 Å². The molecule has 2 amide bonds. The van der Waals surface area contributed by atoms with Crippen LogP contribution in [0.2, 0.25) is 0 Å². The van der Waals surface area contributed by atoms with E-state index < -0.39 is 41.8 Å². The second-order valence-corrected chi connectivity index (χ2v) is 10.4. The molecule has 2 saturated heterocycles. The average Bonchev–Trinajstić information content (AvgIpc) is 3.28. The number of hydrogen-bond acceptors (Lipinski definition) is 12. The fourth-order valence-corrected chi connectivity index (χ4v) is 5.89. The molecule has 0 bridgehead atoms. The summed E-state index contributed by atoms with van der Waals surface area (Å²) in [5.41, 5.74) is 5.33. The third-order valence-electron chi connectivity index (χ3n) is 6.07. The zero-order valence-electron chi connectivity index (χ0n) is 19.3. The van der Waals surface area contributed by atoms with Crippen molar-refractivity contribution in [2.24, 2.45) is 5.16 Å². The molecule has 4 N–H and O–H groups in total. The van der Waals surface area contributed by atoms with Gasteiger partial charge in [0.2, 0.25) is 11.5 Å². The summed E-state index contributed by atoms with van der Waals surface area (Å²) in [7, 11) is 2.14. The van der Waals surface area contributed by atoms with Crippen molar-refractivity contribution in [3.63, 3.8) is 0 Å². The summed E-state index contributed by atoms with van der Waals surface area (Å²) in [6, 6.07) is -1.04. The number of aliphatic carboxylic acids is 1. The fraction of sp³-hybridized carbons (Fsp3) is 0.500. The molecule has 0 aliphatic carbocycles. The van der Waals surface area contributed by atoms with E-state index in [9.17, 15) is 23.9 Å². The summed E-state index contributed by atoms with van der Waals surface area (Å²) < 4.78 is 17.2. The van der Waals surface area contributed by atoms with E-state index in [0.29, 0.717) is 11.3 Å². The minimum absolute atomic E-state index is 0.0525. The van der Waals surface area contributed by atoms with Crippen molar-refractivity contribution in [3.8, 4) is 0 Å². The Morgan fingerprint density at radius 3 is 2.83 bits per heavy atom. The number of carboxylic acid groups (broad SMARTS) is 1. The molecular weight excluding hydrogens is 515 g/mol. The molecule has 1 aromatic rings. The number of nitrogen functional groups attached to an aromatic ring is 1. The topological polar surface area (TPSA) is 175 Å². The Bertz CT molecular complexity index is 1130. The number of halogens is 1. The second kappa shape index (κ2) is 10.9. The minimum atomic E-state index is -1.47. The number of carboxylic acids is 1. The standard InChI is InChI=1S/C20H25FN8O5S2/c1-29(7-4-23-5-8-29)6-2-3-11-9-35-18-13(17(31)28(18)14(11)19(32)33)24-16(30)12(26-34-10-21)15-25-20(22)36-27-15/h2-3,13,18,23H,4-10H2,1H3,(H3-,22,24,25,27,30,32,33)/b3-2+,26-12-/t13-,18+/m1/s1. The van der Waals surface area contributed by atoms with E-state index in [1.165, 1.54) is 11.8 Å². The molecule has 0 aromatic carbocycles. The normalized spacial score (nSPS) is 23.9. The van der Waals surface area contributed by atoms with Gasteiger partial charge in [-0.3, -0.25) is 14.5 Å². The maximum absolute atomic E-state index is 12.9. The summed E-state index contributed by atoms with van der Waals surface area (Å²) in [5.74, 6) is -2.86. The van der Waals surface area contributed by atoms with Crippen LogP contribution in [-0.4, -0.2) is 106 Å². The number of aromatic nitrogens is 2. The van der Waals surface area contributed by atoms with Crippen molar-refractivity contribution in [2.75, 3.05) is 58.1 Å². The van der Waals surface area contributed by atoms with Crippen LogP contribution < -0.4 is 21.5 Å². The van der Waals surface area contributed by atoms with Crippen molar-refractivity contribution in [1.29, 1.82) is 0 Å². The van der Waals surface area contributed by atoms with Crippen LogP contribution in [0.25, 0.3) is 0 Å². The first-order valence-electron chi connectivity index (χ1n) is 11.0. The number of hydrogen-bond donors (Lipinski definition) is 3. The Morgan fingerprint density at radius 1 is 1.44 bits per heavy atom. The predicted octanol–water partition coefficient (Wildman–Crippen LogP) is -2.22. The van der Waals surface area contributed by atoms with Gasteiger partial charge in [0, 0.05) is 30.4 Å². The number of anilines is 1. The molecule has 0 unspecified atom stereocenters. The van der Waals surface area contributed by atoms with E-state index in [1.807, 2.05) is 6.08 Å². The van der Waals surface area contributed by atoms with Crippen LogP contribution in [-0.2, 0) is 19.2 Å². The molecule has 16 heteroatoms. The van der Waals surface area contributed by atoms with Crippen molar-refractivity contribution in [2.45, 2.75) is 11.4 Å². The molecule has 194 valence electrons. The van der Waals surface area contributed by atoms with Gasteiger partial charge < -0.3 is 35.6 Å². The maximum atomic E-state index is 12.9. The van der Waals surface area contributed by atoms with Gasteiger partial charge in [0.15, 0.2) is 5.13 Å². The number of oxime groups is 1. The highest BCUT2D eigenvalue weighted by molar-refractivity contribution is 8.00. The fourth-order valence-electron chi connectivity index (χ4n) is 4.14. The van der Waals surface area contributed by atoms with Crippen LogP contribution in [0.5, 0.6) is 0 Å². The Morgan fingerprint density at radius 2 is 2.19 bits per heavy atom. The van der Waals surface area contributed by atoms with Crippen LogP contribution >= 0.6 is 23.3 Å². The number of fused-ring (bicyclic) bond motifs is 1. The van der Waals surface area contributed by atoms with E-state index in [-0.39, 0.29) is 16.7 Å². The summed E-state index contributed by atoms with van der Waals surface area (Å²) >= 11 is 2.10. The van der Waals surface area contributed by atoms with Crippen molar-refractivity contribution < 1.29 is 33.2 Å².